The van der Waals surface area contributed by atoms with Crippen molar-refractivity contribution in [1.82, 2.24) is 9.88 Å². The van der Waals surface area contributed by atoms with Crippen molar-refractivity contribution >= 4 is 11.5 Å². The largest absolute Gasteiger partial charge is 0.397 e. The van der Waals surface area contributed by atoms with Crippen LogP contribution < -0.4 is 11.1 Å². The van der Waals surface area contributed by atoms with Crippen molar-refractivity contribution in [3.63, 3.8) is 0 Å². The normalized spacial score (nSPS) is 21.4. The van der Waals surface area contributed by atoms with Gasteiger partial charge in [0.05, 0.1) is 11.9 Å². The zero-order valence-electron chi connectivity index (χ0n) is 10.7. The molecule has 0 amide bonds. The molecule has 17 heavy (non-hydrogen) atoms. The number of likely N-dealkylation sites (tertiary alicyclic amines) is 1. The van der Waals surface area contributed by atoms with E-state index in [1.54, 1.807) is 6.20 Å². The monoisotopic (exact) mass is 234 g/mol. The molecule has 1 aromatic heterocycles. The molecule has 0 aliphatic carbocycles. The van der Waals surface area contributed by atoms with Gasteiger partial charge in [-0.15, -0.1) is 0 Å². The Morgan fingerprint density at radius 2 is 2.35 bits per heavy atom. The van der Waals surface area contributed by atoms with Crippen molar-refractivity contribution in [2.45, 2.75) is 32.2 Å². The van der Waals surface area contributed by atoms with Crippen LogP contribution >= 0.6 is 0 Å². The topological polar surface area (TPSA) is 54.2 Å². The maximum Gasteiger partial charge on any atom is 0.126 e. The minimum Gasteiger partial charge on any atom is -0.397 e. The number of piperidine rings is 1. The third-order valence-electron chi connectivity index (χ3n) is 3.59. The predicted molar refractivity (Wildman–Crippen MR) is 72.1 cm³/mol. The number of hydrogen-bond donors (Lipinski definition) is 2. The van der Waals surface area contributed by atoms with Gasteiger partial charge in [-0.05, 0) is 45.0 Å². The summed E-state index contributed by atoms with van der Waals surface area (Å²) in [6, 6.07) is 2.64. The molecule has 1 unspecified atom stereocenters. The van der Waals surface area contributed by atoms with Crippen molar-refractivity contribution in [3.8, 4) is 0 Å². The van der Waals surface area contributed by atoms with E-state index in [4.69, 9.17) is 5.73 Å². The number of rotatable bonds is 3. The van der Waals surface area contributed by atoms with E-state index in [1.165, 1.54) is 25.8 Å². The molecule has 4 heteroatoms. The summed E-state index contributed by atoms with van der Waals surface area (Å²) in [5.74, 6) is 0.927. The van der Waals surface area contributed by atoms with Crippen molar-refractivity contribution in [2.75, 3.05) is 31.2 Å². The summed E-state index contributed by atoms with van der Waals surface area (Å²) in [5.41, 5.74) is 7.59. The van der Waals surface area contributed by atoms with E-state index in [1.807, 2.05) is 13.0 Å². The number of nitrogen functional groups attached to an aromatic ring is 1. The third kappa shape index (κ3) is 3.09. The predicted octanol–water partition coefficient (Wildman–Crippen LogP) is 1.87. The second-order valence-corrected chi connectivity index (χ2v) is 4.94. The first-order valence-electron chi connectivity index (χ1n) is 6.33. The summed E-state index contributed by atoms with van der Waals surface area (Å²) in [4.78, 5) is 6.73. The SMILES string of the molecule is Cc1cc(NCC2CCCCN2C)ncc1N. The Kier molecular flexibility index (Phi) is 3.84. The standard InChI is InChI=1S/C13H22N4/c1-10-7-13(16-9-12(10)14)15-8-11-5-3-4-6-17(11)2/h7,9,11H,3-6,8,14H2,1-2H3,(H,15,16). The average molecular weight is 234 g/mol. The van der Waals surface area contributed by atoms with Gasteiger partial charge in [-0.1, -0.05) is 6.42 Å². The molecule has 1 aromatic rings. The third-order valence-corrected chi connectivity index (χ3v) is 3.59. The Labute approximate surface area is 103 Å². The van der Waals surface area contributed by atoms with Crippen molar-refractivity contribution in [1.29, 1.82) is 0 Å². The van der Waals surface area contributed by atoms with Crippen molar-refractivity contribution in [2.24, 2.45) is 0 Å². The Hall–Kier alpha value is -1.29. The molecule has 94 valence electrons. The second-order valence-electron chi connectivity index (χ2n) is 4.94. The number of nitrogens with zero attached hydrogens (tertiary/aromatic N) is 2. The van der Waals surface area contributed by atoms with Crippen LogP contribution in [0.5, 0.6) is 0 Å². The number of aromatic nitrogens is 1. The van der Waals surface area contributed by atoms with Crippen LogP contribution in [0.25, 0.3) is 0 Å². The van der Waals surface area contributed by atoms with Crippen LogP contribution in [0.1, 0.15) is 24.8 Å². The molecule has 2 rings (SSSR count). The fourth-order valence-corrected chi connectivity index (χ4v) is 2.29. The first-order valence-corrected chi connectivity index (χ1v) is 6.33. The van der Waals surface area contributed by atoms with Gasteiger partial charge in [-0.2, -0.15) is 0 Å². The molecular weight excluding hydrogens is 212 g/mol. The Bertz CT molecular complexity index is 378. The molecule has 0 radical (unpaired) electrons. The molecule has 1 aliphatic heterocycles. The molecule has 0 spiro atoms. The van der Waals surface area contributed by atoms with Gasteiger partial charge in [0.25, 0.3) is 0 Å². The molecule has 1 fully saturated rings. The Morgan fingerprint density at radius 1 is 1.53 bits per heavy atom. The van der Waals surface area contributed by atoms with Crippen LogP contribution in [0.3, 0.4) is 0 Å². The quantitative estimate of drug-likeness (QED) is 0.838. The highest BCUT2D eigenvalue weighted by Gasteiger charge is 2.18. The molecule has 0 saturated carbocycles. The number of likely N-dealkylation sites (N-methyl/N-ethyl adjacent to an activating group) is 1. The van der Waals surface area contributed by atoms with Gasteiger partial charge >= 0.3 is 0 Å². The van der Waals surface area contributed by atoms with Crippen LogP contribution in [-0.4, -0.2) is 36.1 Å². The lowest BCUT2D eigenvalue weighted by Crippen LogP contribution is -2.40. The highest BCUT2D eigenvalue weighted by atomic mass is 15.2. The lowest BCUT2D eigenvalue weighted by molar-refractivity contribution is 0.194. The highest BCUT2D eigenvalue weighted by molar-refractivity contribution is 5.50. The average Bonchev–Trinajstić information content (AvgIpc) is 2.32. The molecule has 3 N–H and O–H groups in total. The number of hydrogen-bond acceptors (Lipinski definition) is 4. The summed E-state index contributed by atoms with van der Waals surface area (Å²) < 4.78 is 0. The van der Waals surface area contributed by atoms with Gasteiger partial charge in [-0.3, -0.25) is 0 Å². The lowest BCUT2D eigenvalue weighted by atomic mass is 10.0. The molecule has 1 atom stereocenters. The molecule has 1 aliphatic rings. The van der Waals surface area contributed by atoms with Crippen LogP contribution in [0.2, 0.25) is 0 Å². The van der Waals surface area contributed by atoms with Gasteiger partial charge in [-0.25, -0.2) is 4.98 Å². The van der Waals surface area contributed by atoms with Crippen LogP contribution in [0.15, 0.2) is 12.3 Å². The van der Waals surface area contributed by atoms with Crippen LogP contribution in [0.4, 0.5) is 11.5 Å². The minimum atomic E-state index is 0.628. The maximum absolute atomic E-state index is 5.75. The summed E-state index contributed by atoms with van der Waals surface area (Å²) >= 11 is 0. The maximum atomic E-state index is 5.75. The van der Waals surface area contributed by atoms with E-state index in [-0.39, 0.29) is 0 Å². The van der Waals surface area contributed by atoms with Gasteiger partial charge in [0, 0.05) is 12.6 Å². The molecular formula is C13H22N4. The van der Waals surface area contributed by atoms with E-state index in [0.29, 0.717) is 6.04 Å². The smallest absolute Gasteiger partial charge is 0.126 e. The number of nitrogens with one attached hydrogen (secondary N) is 1. The summed E-state index contributed by atoms with van der Waals surface area (Å²) in [5, 5.41) is 3.40. The van der Waals surface area contributed by atoms with Crippen molar-refractivity contribution < 1.29 is 0 Å². The van der Waals surface area contributed by atoms with E-state index < -0.39 is 0 Å². The first-order chi connectivity index (χ1) is 8.16. The molecule has 0 aromatic carbocycles. The first kappa shape index (κ1) is 12.2. The molecule has 4 nitrogen and oxygen atoms in total. The van der Waals surface area contributed by atoms with E-state index >= 15 is 0 Å². The molecule has 0 bridgehead atoms. The second kappa shape index (κ2) is 5.36. The zero-order valence-corrected chi connectivity index (χ0v) is 10.7. The summed E-state index contributed by atoms with van der Waals surface area (Å²) in [6.07, 6.45) is 5.66. The van der Waals surface area contributed by atoms with E-state index in [0.717, 1.165) is 23.6 Å². The highest BCUT2D eigenvalue weighted by Crippen LogP contribution is 2.17. The van der Waals surface area contributed by atoms with Gasteiger partial charge < -0.3 is 16.0 Å². The minimum absolute atomic E-state index is 0.628. The van der Waals surface area contributed by atoms with Crippen LogP contribution in [-0.2, 0) is 0 Å². The van der Waals surface area contributed by atoms with E-state index in [9.17, 15) is 0 Å². The Morgan fingerprint density at radius 3 is 3.06 bits per heavy atom. The van der Waals surface area contributed by atoms with E-state index in [2.05, 4.69) is 22.2 Å². The zero-order chi connectivity index (χ0) is 12.3. The number of pyridine rings is 1. The fourth-order valence-electron chi connectivity index (χ4n) is 2.29. The fraction of sp³-hybridized carbons (Fsp3) is 0.615. The van der Waals surface area contributed by atoms with Gasteiger partial charge in [0.2, 0.25) is 0 Å². The summed E-state index contributed by atoms with van der Waals surface area (Å²) in [7, 11) is 2.20. The van der Waals surface area contributed by atoms with Crippen molar-refractivity contribution in [3.05, 3.63) is 17.8 Å². The Balaban J connectivity index is 1.90. The lowest BCUT2D eigenvalue weighted by Gasteiger charge is -2.32. The number of anilines is 2. The number of nitrogens with two attached hydrogens (primary N) is 1. The number of aryl methyl sites for hydroxylation is 1. The van der Waals surface area contributed by atoms with Gasteiger partial charge in [0.15, 0.2) is 0 Å². The van der Waals surface area contributed by atoms with Crippen LogP contribution in [0, 0.1) is 6.92 Å². The molecule has 1 saturated heterocycles. The van der Waals surface area contributed by atoms with Gasteiger partial charge in [0.1, 0.15) is 5.82 Å². The summed E-state index contributed by atoms with van der Waals surface area (Å²) in [6.45, 7) is 4.18. The molecule has 2 heterocycles.